The zero-order chi connectivity index (χ0) is 13.7. The van der Waals surface area contributed by atoms with Crippen LogP contribution < -0.4 is 10.1 Å². The Morgan fingerprint density at radius 1 is 1.56 bits per heavy atom. The van der Waals surface area contributed by atoms with Gasteiger partial charge in [0.2, 0.25) is 5.91 Å². The SMILES string of the molecule is CNC(=O)CN(C)C(C)c1ccc(O)c(OC)c1. The molecule has 5 nitrogen and oxygen atoms in total. The van der Waals surface area contributed by atoms with Crippen LogP contribution in [0.1, 0.15) is 18.5 Å². The van der Waals surface area contributed by atoms with Crippen molar-refractivity contribution in [1.29, 1.82) is 0 Å². The Balaban J connectivity index is 2.83. The summed E-state index contributed by atoms with van der Waals surface area (Å²) in [5.74, 6) is 0.519. The van der Waals surface area contributed by atoms with Gasteiger partial charge in [-0.3, -0.25) is 9.69 Å². The molecule has 1 aromatic rings. The van der Waals surface area contributed by atoms with Crippen molar-refractivity contribution in [2.45, 2.75) is 13.0 Å². The van der Waals surface area contributed by atoms with Crippen LogP contribution in [0.5, 0.6) is 11.5 Å². The molecule has 2 N–H and O–H groups in total. The van der Waals surface area contributed by atoms with Gasteiger partial charge in [0.05, 0.1) is 13.7 Å². The second-order valence-corrected chi connectivity index (χ2v) is 4.20. The Morgan fingerprint density at radius 2 is 2.22 bits per heavy atom. The summed E-state index contributed by atoms with van der Waals surface area (Å²) in [6, 6.07) is 5.25. The molecule has 0 bridgehead atoms. The van der Waals surface area contributed by atoms with Gasteiger partial charge in [-0.25, -0.2) is 0 Å². The number of nitrogens with one attached hydrogen (secondary N) is 1. The molecule has 0 radical (unpaired) electrons. The van der Waals surface area contributed by atoms with Crippen LogP contribution in [-0.2, 0) is 4.79 Å². The third-order valence-electron chi connectivity index (χ3n) is 3.02. The highest BCUT2D eigenvalue weighted by Gasteiger charge is 2.15. The van der Waals surface area contributed by atoms with Crippen LogP contribution in [0.3, 0.4) is 0 Å². The number of ether oxygens (including phenoxy) is 1. The van der Waals surface area contributed by atoms with E-state index in [9.17, 15) is 9.90 Å². The number of hydrogen-bond donors (Lipinski definition) is 2. The molecule has 1 amide bonds. The van der Waals surface area contributed by atoms with Crippen LogP contribution >= 0.6 is 0 Å². The molecular formula is C13H20N2O3. The minimum atomic E-state index is -0.0323. The number of rotatable bonds is 5. The Hall–Kier alpha value is -1.75. The summed E-state index contributed by atoms with van der Waals surface area (Å²) in [5, 5.41) is 12.1. The monoisotopic (exact) mass is 252 g/mol. The molecule has 0 heterocycles. The number of carbonyl (C=O) groups is 1. The topological polar surface area (TPSA) is 61.8 Å². The van der Waals surface area contributed by atoms with Crippen LogP contribution in [-0.4, -0.2) is 43.7 Å². The van der Waals surface area contributed by atoms with Gasteiger partial charge in [-0.05, 0) is 31.7 Å². The summed E-state index contributed by atoms with van der Waals surface area (Å²) in [6.45, 7) is 2.32. The first kappa shape index (κ1) is 14.3. The second kappa shape index (κ2) is 6.26. The fourth-order valence-corrected chi connectivity index (χ4v) is 1.65. The van der Waals surface area contributed by atoms with Crippen molar-refractivity contribution in [2.24, 2.45) is 0 Å². The van der Waals surface area contributed by atoms with Crippen molar-refractivity contribution in [3.05, 3.63) is 23.8 Å². The molecule has 0 aliphatic heterocycles. The lowest BCUT2D eigenvalue weighted by Gasteiger charge is -2.24. The second-order valence-electron chi connectivity index (χ2n) is 4.20. The fraction of sp³-hybridized carbons (Fsp3) is 0.462. The van der Waals surface area contributed by atoms with Crippen molar-refractivity contribution in [3.63, 3.8) is 0 Å². The number of benzene rings is 1. The van der Waals surface area contributed by atoms with E-state index in [2.05, 4.69) is 5.32 Å². The molecule has 1 rings (SSSR count). The van der Waals surface area contributed by atoms with E-state index in [-0.39, 0.29) is 17.7 Å². The van der Waals surface area contributed by atoms with Crippen LogP contribution in [0, 0.1) is 0 Å². The van der Waals surface area contributed by atoms with Gasteiger partial charge in [0.1, 0.15) is 0 Å². The van der Waals surface area contributed by atoms with Crippen LogP contribution in [0.15, 0.2) is 18.2 Å². The molecular weight excluding hydrogens is 232 g/mol. The predicted octanol–water partition coefficient (Wildman–Crippen LogP) is 1.14. The van der Waals surface area contributed by atoms with Crippen molar-refractivity contribution in [3.8, 4) is 11.5 Å². The van der Waals surface area contributed by atoms with Crippen LogP contribution in [0.4, 0.5) is 0 Å². The quantitative estimate of drug-likeness (QED) is 0.825. The zero-order valence-corrected chi connectivity index (χ0v) is 11.2. The Morgan fingerprint density at radius 3 is 2.78 bits per heavy atom. The van der Waals surface area contributed by atoms with E-state index in [4.69, 9.17) is 4.74 Å². The van der Waals surface area contributed by atoms with E-state index < -0.39 is 0 Å². The highest BCUT2D eigenvalue weighted by Crippen LogP contribution is 2.30. The van der Waals surface area contributed by atoms with E-state index in [1.165, 1.54) is 7.11 Å². The third-order valence-corrected chi connectivity index (χ3v) is 3.02. The van der Waals surface area contributed by atoms with Gasteiger partial charge in [0.25, 0.3) is 0 Å². The standard InChI is InChI=1S/C13H20N2O3/c1-9(15(3)8-13(17)14-2)10-5-6-11(16)12(7-10)18-4/h5-7,9,16H,8H2,1-4H3,(H,14,17). The van der Waals surface area contributed by atoms with Gasteiger partial charge in [0.15, 0.2) is 11.5 Å². The predicted molar refractivity (Wildman–Crippen MR) is 69.8 cm³/mol. The van der Waals surface area contributed by atoms with Crippen molar-refractivity contribution >= 4 is 5.91 Å². The molecule has 100 valence electrons. The number of aromatic hydroxyl groups is 1. The van der Waals surface area contributed by atoms with E-state index in [1.807, 2.05) is 24.9 Å². The van der Waals surface area contributed by atoms with Gasteiger partial charge in [-0.15, -0.1) is 0 Å². The number of amides is 1. The van der Waals surface area contributed by atoms with E-state index in [0.29, 0.717) is 12.3 Å². The van der Waals surface area contributed by atoms with Gasteiger partial charge in [-0.2, -0.15) is 0 Å². The average molecular weight is 252 g/mol. The molecule has 0 aliphatic carbocycles. The molecule has 0 spiro atoms. The first-order valence-electron chi connectivity index (χ1n) is 5.77. The van der Waals surface area contributed by atoms with Gasteiger partial charge in [-0.1, -0.05) is 6.07 Å². The maximum absolute atomic E-state index is 11.3. The van der Waals surface area contributed by atoms with Gasteiger partial charge >= 0.3 is 0 Å². The lowest BCUT2D eigenvalue weighted by atomic mass is 10.1. The number of phenols is 1. The van der Waals surface area contributed by atoms with E-state index in [0.717, 1.165) is 5.56 Å². The summed E-state index contributed by atoms with van der Waals surface area (Å²) in [5.41, 5.74) is 0.982. The number of phenolic OH excluding ortho intramolecular Hbond substituents is 1. The lowest BCUT2D eigenvalue weighted by molar-refractivity contribution is -0.121. The maximum Gasteiger partial charge on any atom is 0.233 e. The molecule has 5 heteroatoms. The first-order valence-corrected chi connectivity index (χ1v) is 5.77. The van der Waals surface area contributed by atoms with Crippen molar-refractivity contribution in [1.82, 2.24) is 10.2 Å². The van der Waals surface area contributed by atoms with Crippen molar-refractivity contribution in [2.75, 3.05) is 27.7 Å². The molecule has 0 fully saturated rings. The number of hydrogen-bond acceptors (Lipinski definition) is 4. The summed E-state index contributed by atoms with van der Waals surface area (Å²) in [6.07, 6.45) is 0. The largest absolute Gasteiger partial charge is 0.504 e. The molecule has 18 heavy (non-hydrogen) atoms. The molecule has 1 unspecified atom stereocenters. The normalized spacial score (nSPS) is 12.3. The summed E-state index contributed by atoms with van der Waals surface area (Å²) in [7, 11) is 5.00. The van der Waals surface area contributed by atoms with Crippen LogP contribution in [0.2, 0.25) is 0 Å². The third kappa shape index (κ3) is 3.37. The Labute approximate surface area is 107 Å². The number of methoxy groups -OCH3 is 1. The summed E-state index contributed by atoms with van der Waals surface area (Å²) >= 11 is 0. The highest BCUT2D eigenvalue weighted by molar-refractivity contribution is 5.77. The summed E-state index contributed by atoms with van der Waals surface area (Å²) < 4.78 is 5.07. The summed E-state index contributed by atoms with van der Waals surface area (Å²) in [4.78, 5) is 13.2. The maximum atomic E-state index is 11.3. The van der Waals surface area contributed by atoms with Gasteiger partial charge < -0.3 is 15.2 Å². The van der Waals surface area contributed by atoms with Crippen molar-refractivity contribution < 1.29 is 14.6 Å². The molecule has 0 saturated carbocycles. The molecule has 1 atom stereocenters. The highest BCUT2D eigenvalue weighted by atomic mass is 16.5. The molecule has 0 aliphatic rings. The molecule has 0 saturated heterocycles. The van der Waals surface area contributed by atoms with Crippen LogP contribution in [0.25, 0.3) is 0 Å². The Bertz CT molecular complexity index is 421. The fourth-order valence-electron chi connectivity index (χ4n) is 1.65. The lowest BCUT2D eigenvalue weighted by Crippen LogP contribution is -2.34. The number of nitrogens with zero attached hydrogens (tertiary/aromatic N) is 1. The number of likely N-dealkylation sites (N-methyl/N-ethyl adjacent to an activating group) is 2. The van der Waals surface area contributed by atoms with E-state index >= 15 is 0 Å². The minimum absolute atomic E-state index is 0.0323. The minimum Gasteiger partial charge on any atom is -0.504 e. The average Bonchev–Trinajstić information content (AvgIpc) is 2.38. The zero-order valence-electron chi connectivity index (χ0n) is 11.2. The molecule has 0 aromatic heterocycles. The first-order chi connectivity index (χ1) is 8.49. The Kier molecular flexibility index (Phi) is 4.97. The smallest absolute Gasteiger partial charge is 0.233 e. The van der Waals surface area contributed by atoms with E-state index in [1.54, 1.807) is 19.2 Å². The molecule has 1 aromatic carbocycles. The number of carbonyl (C=O) groups excluding carboxylic acids is 1. The van der Waals surface area contributed by atoms with Gasteiger partial charge in [0, 0.05) is 13.1 Å².